The molecule has 110 valence electrons. The van der Waals surface area contributed by atoms with E-state index in [1.807, 2.05) is 0 Å². The third kappa shape index (κ3) is 3.30. The van der Waals surface area contributed by atoms with E-state index in [1.54, 1.807) is 0 Å². The molecule has 21 heavy (non-hydrogen) atoms. The van der Waals surface area contributed by atoms with E-state index in [0.717, 1.165) is 17.1 Å². The van der Waals surface area contributed by atoms with Gasteiger partial charge < -0.3 is 0 Å². The van der Waals surface area contributed by atoms with Gasteiger partial charge in [0.25, 0.3) is 5.56 Å². The molecule has 0 saturated heterocycles. The highest BCUT2D eigenvalue weighted by atomic mass is 32.2. The maximum atomic E-state index is 12.1. The highest BCUT2D eigenvalue weighted by Gasteiger charge is 2.10. The molecule has 0 amide bonds. The van der Waals surface area contributed by atoms with E-state index in [1.165, 1.54) is 40.0 Å². The Morgan fingerprint density at radius 1 is 1.48 bits per heavy atom. The largest absolute Gasteiger partial charge is 0.275 e. The van der Waals surface area contributed by atoms with Gasteiger partial charge >= 0.3 is 0 Å². The van der Waals surface area contributed by atoms with Crippen molar-refractivity contribution in [1.82, 2.24) is 29.8 Å². The molecule has 0 aliphatic carbocycles. The van der Waals surface area contributed by atoms with Crippen molar-refractivity contribution in [2.45, 2.75) is 31.2 Å². The number of aromatic amines is 1. The average Bonchev–Trinajstić information content (AvgIpc) is 3.04. The molecule has 3 aromatic rings. The quantitative estimate of drug-likeness (QED) is 0.720. The third-order valence-corrected chi connectivity index (χ3v) is 4.51. The number of fused-ring (bicyclic) bond motifs is 1. The molecule has 0 bridgehead atoms. The van der Waals surface area contributed by atoms with Crippen LogP contribution in [0.3, 0.4) is 0 Å². The van der Waals surface area contributed by atoms with E-state index >= 15 is 0 Å². The minimum absolute atomic E-state index is 0.139. The molecular formula is C12H14N6OS2. The molecule has 0 spiro atoms. The molecule has 0 aliphatic heterocycles. The van der Waals surface area contributed by atoms with Gasteiger partial charge in [0.15, 0.2) is 5.16 Å². The van der Waals surface area contributed by atoms with Crippen LogP contribution in [0, 0.1) is 5.92 Å². The number of hydrogen-bond donors (Lipinski definition) is 1. The summed E-state index contributed by atoms with van der Waals surface area (Å²) in [7, 11) is 0. The van der Waals surface area contributed by atoms with Gasteiger partial charge in [-0.1, -0.05) is 36.9 Å². The molecule has 0 fully saturated rings. The van der Waals surface area contributed by atoms with Crippen LogP contribution in [0.2, 0.25) is 0 Å². The molecule has 1 N–H and O–H groups in total. The summed E-state index contributed by atoms with van der Waals surface area (Å²) in [4.78, 5) is 21.3. The Labute approximate surface area is 128 Å². The fraction of sp³-hybridized carbons (Fsp3) is 0.417. The Bertz CT molecular complexity index is 792. The van der Waals surface area contributed by atoms with E-state index in [-0.39, 0.29) is 5.56 Å². The highest BCUT2D eigenvalue weighted by Crippen LogP contribution is 2.19. The van der Waals surface area contributed by atoms with E-state index in [2.05, 4.69) is 39.1 Å². The van der Waals surface area contributed by atoms with E-state index in [0.29, 0.717) is 21.8 Å². The van der Waals surface area contributed by atoms with Gasteiger partial charge in [-0.15, -0.1) is 0 Å². The van der Waals surface area contributed by atoms with Crippen molar-refractivity contribution in [3.8, 4) is 0 Å². The predicted molar refractivity (Wildman–Crippen MR) is 81.6 cm³/mol. The van der Waals surface area contributed by atoms with Crippen molar-refractivity contribution in [3.05, 3.63) is 33.4 Å². The number of H-pyrrole nitrogens is 1. The molecule has 0 aliphatic rings. The number of aromatic nitrogens is 6. The van der Waals surface area contributed by atoms with Crippen LogP contribution in [0.4, 0.5) is 0 Å². The minimum Gasteiger partial charge on any atom is -0.267 e. The zero-order chi connectivity index (χ0) is 14.8. The lowest BCUT2D eigenvalue weighted by atomic mass is 10.1. The van der Waals surface area contributed by atoms with Crippen LogP contribution in [-0.4, -0.2) is 29.8 Å². The lowest BCUT2D eigenvalue weighted by molar-refractivity contribution is 0.635. The Kier molecular flexibility index (Phi) is 4.02. The monoisotopic (exact) mass is 322 g/mol. The molecule has 0 unspecified atom stereocenters. The van der Waals surface area contributed by atoms with Crippen LogP contribution in [0.1, 0.15) is 24.5 Å². The van der Waals surface area contributed by atoms with E-state index in [4.69, 9.17) is 0 Å². The summed E-state index contributed by atoms with van der Waals surface area (Å²) < 4.78 is 1.38. The molecule has 3 rings (SSSR count). The van der Waals surface area contributed by atoms with Gasteiger partial charge in [0.2, 0.25) is 4.96 Å². The zero-order valence-corrected chi connectivity index (χ0v) is 13.2. The second kappa shape index (κ2) is 5.94. The summed E-state index contributed by atoms with van der Waals surface area (Å²) in [5.74, 6) is 1.07. The summed E-state index contributed by atoms with van der Waals surface area (Å²) >= 11 is 2.93. The average molecular weight is 322 g/mol. The molecular weight excluding hydrogens is 308 g/mol. The normalized spacial score (nSPS) is 11.6. The minimum atomic E-state index is -0.139. The van der Waals surface area contributed by atoms with Crippen LogP contribution < -0.4 is 5.56 Å². The fourth-order valence-corrected chi connectivity index (χ4v) is 3.61. The summed E-state index contributed by atoms with van der Waals surface area (Å²) in [5, 5.41) is 12.5. The SMILES string of the molecule is CC(C)Cc1nn2c(=O)cc(CSc3ncn[nH]3)nc2s1. The molecule has 0 atom stereocenters. The van der Waals surface area contributed by atoms with Crippen LogP contribution in [0.15, 0.2) is 22.3 Å². The van der Waals surface area contributed by atoms with Gasteiger partial charge in [0.05, 0.1) is 5.69 Å². The van der Waals surface area contributed by atoms with Crippen molar-refractivity contribution in [1.29, 1.82) is 0 Å². The van der Waals surface area contributed by atoms with Crippen molar-refractivity contribution < 1.29 is 0 Å². The lowest BCUT2D eigenvalue weighted by Crippen LogP contribution is -2.15. The standard InChI is InChI=1S/C12H14N6OS2/c1-7(2)3-9-17-18-10(19)4-8(15-12(18)21-9)5-20-11-13-6-14-16-11/h4,6-7H,3,5H2,1-2H3,(H,13,14,16). The topological polar surface area (TPSA) is 88.8 Å². The van der Waals surface area contributed by atoms with Gasteiger partial charge in [-0.2, -0.15) is 14.7 Å². The maximum absolute atomic E-state index is 12.1. The van der Waals surface area contributed by atoms with Crippen LogP contribution in [0.25, 0.3) is 4.96 Å². The molecule has 0 saturated carbocycles. The lowest BCUT2D eigenvalue weighted by Gasteiger charge is -1.97. The Morgan fingerprint density at radius 2 is 2.33 bits per heavy atom. The van der Waals surface area contributed by atoms with E-state index in [9.17, 15) is 4.79 Å². The highest BCUT2D eigenvalue weighted by molar-refractivity contribution is 7.98. The van der Waals surface area contributed by atoms with Crippen LogP contribution >= 0.6 is 23.1 Å². The molecule has 7 nitrogen and oxygen atoms in total. The molecule has 3 aromatic heterocycles. The van der Waals surface area contributed by atoms with Gasteiger partial charge in [-0.25, -0.2) is 9.97 Å². The molecule has 0 aromatic carbocycles. The second-order valence-electron chi connectivity index (χ2n) is 4.95. The molecule has 9 heteroatoms. The van der Waals surface area contributed by atoms with Crippen molar-refractivity contribution in [2.24, 2.45) is 5.92 Å². The first-order chi connectivity index (χ1) is 10.1. The summed E-state index contributed by atoms with van der Waals surface area (Å²) in [6.45, 7) is 4.25. The zero-order valence-electron chi connectivity index (χ0n) is 11.6. The Morgan fingerprint density at radius 3 is 3.05 bits per heavy atom. The van der Waals surface area contributed by atoms with Crippen LogP contribution in [0.5, 0.6) is 0 Å². The Hall–Kier alpha value is -1.74. The fourth-order valence-electron chi connectivity index (χ4n) is 1.81. The first-order valence-corrected chi connectivity index (χ1v) is 8.29. The van der Waals surface area contributed by atoms with Crippen molar-refractivity contribution in [2.75, 3.05) is 0 Å². The number of thioether (sulfide) groups is 1. The summed E-state index contributed by atoms with van der Waals surface area (Å²) in [6.07, 6.45) is 2.31. The maximum Gasteiger partial charge on any atom is 0.275 e. The van der Waals surface area contributed by atoms with Crippen molar-refractivity contribution in [3.63, 3.8) is 0 Å². The molecule has 0 radical (unpaired) electrons. The summed E-state index contributed by atoms with van der Waals surface area (Å²) in [5.41, 5.74) is 0.584. The Balaban J connectivity index is 1.85. The smallest absolute Gasteiger partial charge is 0.267 e. The molecule has 3 heterocycles. The first kappa shape index (κ1) is 14.2. The van der Waals surface area contributed by atoms with Crippen LogP contribution in [-0.2, 0) is 12.2 Å². The van der Waals surface area contributed by atoms with Gasteiger partial charge in [-0.05, 0) is 5.92 Å². The van der Waals surface area contributed by atoms with Gasteiger partial charge in [0.1, 0.15) is 11.3 Å². The number of rotatable bonds is 5. The van der Waals surface area contributed by atoms with Crippen molar-refractivity contribution >= 4 is 28.1 Å². The second-order valence-corrected chi connectivity index (χ2v) is 6.96. The predicted octanol–water partition coefficient (Wildman–Crippen LogP) is 1.76. The first-order valence-electron chi connectivity index (χ1n) is 6.48. The summed E-state index contributed by atoms with van der Waals surface area (Å²) in [6, 6.07) is 1.52. The number of nitrogens with zero attached hydrogens (tertiary/aromatic N) is 5. The number of hydrogen-bond acceptors (Lipinski definition) is 7. The van der Waals surface area contributed by atoms with E-state index < -0.39 is 0 Å². The van der Waals surface area contributed by atoms with Gasteiger partial charge in [0, 0.05) is 18.2 Å². The van der Waals surface area contributed by atoms with Gasteiger partial charge in [-0.3, -0.25) is 9.89 Å². The number of nitrogens with one attached hydrogen (secondary N) is 1. The third-order valence-electron chi connectivity index (χ3n) is 2.67.